The number of nitrogens with zero attached hydrogens (tertiary/aromatic N) is 3. The van der Waals surface area contributed by atoms with E-state index in [-0.39, 0.29) is 69.0 Å². The molecule has 4 rings (SSSR count). The molecule has 0 aliphatic heterocycles. The number of rotatable bonds is 23. The van der Waals surface area contributed by atoms with Crippen molar-refractivity contribution >= 4 is 29.2 Å². The third-order valence-corrected chi connectivity index (χ3v) is 12.5. The SMILES string of the molecule is CCCCCCCCCCCCOC(=O)c1cc(-n2c(O)c(-c3nc(C)c(C)c(=O)n3CCCOc3ccc(C(C)(C)CC)cc3C(C)(C)CC)oc2=O)c(Cl)cc1Cl. The van der Waals surface area contributed by atoms with Crippen LogP contribution in [0.5, 0.6) is 11.6 Å². The summed E-state index contributed by atoms with van der Waals surface area (Å²) in [5.41, 5.74) is 2.67. The van der Waals surface area contributed by atoms with Gasteiger partial charge in [0.1, 0.15) is 5.75 Å². The van der Waals surface area contributed by atoms with E-state index in [0.717, 1.165) is 48.0 Å². The molecule has 0 amide bonds. The first-order valence-corrected chi connectivity index (χ1v) is 22.2. The molecule has 0 aliphatic carbocycles. The molecule has 0 bridgehead atoms. The molecule has 2 aromatic carbocycles. The maximum absolute atomic E-state index is 13.7. The van der Waals surface area contributed by atoms with E-state index in [4.69, 9.17) is 37.1 Å². The molecule has 0 aliphatic rings. The second-order valence-electron chi connectivity index (χ2n) is 16.9. The molecule has 0 unspecified atom stereocenters. The highest BCUT2D eigenvalue weighted by molar-refractivity contribution is 6.37. The van der Waals surface area contributed by atoms with Gasteiger partial charge in [0.15, 0.2) is 5.82 Å². The molecule has 0 saturated carbocycles. The van der Waals surface area contributed by atoms with Crippen LogP contribution in [0.3, 0.4) is 0 Å². The van der Waals surface area contributed by atoms with Gasteiger partial charge in [0.05, 0.1) is 34.5 Å². The zero-order valence-electron chi connectivity index (χ0n) is 36.7. The fraction of sp³-hybridized carbons (Fsp3) is 0.574. The van der Waals surface area contributed by atoms with E-state index in [1.54, 1.807) is 13.8 Å². The lowest BCUT2D eigenvalue weighted by atomic mass is 9.76. The molecule has 0 fully saturated rings. The first-order chi connectivity index (χ1) is 28.0. The van der Waals surface area contributed by atoms with Gasteiger partial charge in [-0.25, -0.2) is 19.1 Å². The summed E-state index contributed by atoms with van der Waals surface area (Å²) < 4.78 is 19.7. The van der Waals surface area contributed by atoms with Crippen LogP contribution in [0, 0.1) is 13.8 Å². The van der Waals surface area contributed by atoms with Crippen molar-refractivity contribution in [2.75, 3.05) is 13.2 Å². The summed E-state index contributed by atoms with van der Waals surface area (Å²) in [5, 5.41) is 11.6. The summed E-state index contributed by atoms with van der Waals surface area (Å²) in [6.45, 7) is 19.5. The van der Waals surface area contributed by atoms with E-state index >= 15 is 0 Å². The highest BCUT2D eigenvalue weighted by Crippen LogP contribution is 2.39. The van der Waals surface area contributed by atoms with Gasteiger partial charge in [0.2, 0.25) is 11.6 Å². The highest BCUT2D eigenvalue weighted by Gasteiger charge is 2.29. The first-order valence-electron chi connectivity index (χ1n) is 21.5. The van der Waals surface area contributed by atoms with Gasteiger partial charge in [-0.05, 0) is 74.1 Å². The van der Waals surface area contributed by atoms with Crippen molar-refractivity contribution in [3.8, 4) is 28.9 Å². The van der Waals surface area contributed by atoms with Gasteiger partial charge < -0.3 is 19.0 Å². The summed E-state index contributed by atoms with van der Waals surface area (Å²) in [6, 6.07) is 9.01. The number of benzene rings is 2. The zero-order valence-corrected chi connectivity index (χ0v) is 38.2. The number of hydrogen-bond acceptors (Lipinski definition) is 8. The van der Waals surface area contributed by atoms with Gasteiger partial charge in [-0.15, -0.1) is 0 Å². The van der Waals surface area contributed by atoms with E-state index in [1.807, 2.05) is 6.07 Å². The average molecular weight is 855 g/mol. The first kappa shape index (κ1) is 47.7. The number of hydrogen-bond donors (Lipinski definition) is 1. The molecule has 4 aromatic rings. The highest BCUT2D eigenvalue weighted by atomic mass is 35.5. The molecule has 2 heterocycles. The normalized spacial score (nSPS) is 12.0. The number of ether oxygens (including phenoxy) is 2. The number of carbonyl (C=O) groups excluding carboxylic acids is 1. The largest absolute Gasteiger partial charge is 0.493 e. The average Bonchev–Trinajstić information content (AvgIpc) is 3.50. The molecule has 59 heavy (non-hydrogen) atoms. The quantitative estimate of drug-likeness (QED) is 0.0577. The molecular formula is C47H65Cl2N3O7. The van der Waals surface area contributed by atoms with Crippen LogP contribution >= 0.6 is 23.2 Å². The van der Waals surface area contributed by atoms with Gasteiger partial charge in [0, 0.05) is 23.4 Å². The number of aromatic nitrogens is 3. The number of halogens is 2. The third-order valence-electron chi connectivity index (χ3n) is 11.9. The maximum Gasteiger partial charge on any atom is 0.427 e. The molecular weight excluding hydrogens is 789 g/mol. The molecule has 0 saturated heterocycles. The van der Waals surface area contributed by atoms with Crippen LogP contribution in [0.25, 0.3) is 17.3 Å². The number of aromatic hydroxyl groups is 1. The number of carbonyl (C=O) groups is 1. The molecule has 10 nitrogen and oxygen atoms in total. The van der Waals surface area contributed by atoms with Crippen LogP contribution in [-0.2, 0) is 22.1 Å². The van der Waals surface area contributed by atoms with E-state index < -0.39 is 17.6 Å². The molecule has 0 radical (unpaired) electrons. The topological polar surface area (TPSA) is 126 Å². The second-order valence-corrected chi connectivity index (χ2v) is 17.8. The van der Waals surface area contributed by atoms with Gasteiger partial charge >= 0.3 is 11.7 Å². The summed E-state index contributed by atoms with van der Waals surface area (Å²) in [5.74, 6) is -1.90. The van der Waals surface area contributed by atoms with E-state index in [0.29, 0.717) is 24.1 Å². The van der Waals surface area contributed by atoms with Gasteiger partial charge in [-0.2, -0.15) is 0 Å². The molecule has 2 aromatic heterocycles. The third kappa shape index (κ3) is 11.8. The lowest BCUT2D eigenvalue weighted by Crippen LogP contribution is -2.27. The van der Waals surface area contributed by atoms with E-state index in [9.17, 15) is 19.5 Å². The Bertz CT molecular complexity index is 2170. The summed E-state index contributed by atoms with van der Waals surface area (Å²) in [6.07, 6.45) is 13.8. The fourth-order valence-corrected chi connectivity index (χ4v) is 7.51. The van der Waals surface area contributed by atoms with Gasteiger partial charge in [-0.3, -0.25) is 9.36 Å². The van der Waals surface area contributed by atoms with Crippen molar-refractivity contribution in [3.63, 3.8) is 0 Å². The number of esters is 1. The monoisotopic (exact) mass is 853 g/mol. The Morgan fingerprint density at radius 2 is 1.44 bits per heavy atom. The Morgan fingerprint density at radius 3 is 2.07 bits per heavy atom. The predicted octanol–water partition coefficient (Wildman–Crippen LogP) is 12.2. The van der Waals surface area contributed by atoms with Gasteiger partial charge in [-0.1, -0.05) is 142 Å². The fourth-order valence-electron chi connectivity index (χ4n) is 6.96. The predicted molar refractivity (Wildman–Crippen MR) is 238 cm³/mol. The van der Waals surface area contributed by atoms with Crippen molar-refractivity contribution in [2.45, 2.75) is 163 Å². The van der Waals surface area contributed by atoms with E-state index in [2.05, 4.69) is 65.6 Å². The summed E-state index contributed by atoms with van der Waals surface area (Å²) >= 11 is 13.0. The molecule has 0 atom stereocenters. The lowest BCUT2D eigenvalue weighted by Gasteiger charge is -2.30. The zero-order chi connectivity index (χ0) is 43.5. The van der Waals surface area contributed by atoms with Gasteiger partial charge in [0.25, 0.3) is 5.56 Å². The standard InChI is InChI=1S/C47H65Cl2N3O7/c1-10-13-14-15-16-17-18-19-20-21-26-58-44(55)34-29-38(37(49)30-36(34)48)52-43(54)40(59-45(52)56)41-50-32(5)31(4)42(53)51(41)25-22-27-57-39-24-23-33(46(6,7)11-2)28-35(39)47(8,9)12-3/h23-24,28-30,54H,10-22,25-27H2,1-9H3. The van der Waals surface area contributed by atoms with Crippen LogP contribution < -0.4 is 16.1 Å². The second kappa shape index (κ2) is 21.5. The van der Waals surface area contributed by atoms with Crippen molar-refractivity contribution < 1.29 is 23.8 Å². The number of unbranched alkanes of at least 4 members (excludes halogenated alkanes) is 9. The van der Waals surface area contributed by atoms with Crippen molar-refractivity contribution in [2.24, 2.45) is 0 Å². The maximum atomic E-state index is 13.7. The number of aryl methyl sites for hydroxylation is 1. The minimum absolute atomic E-state index is 0.0173. The number of oxazole rings is 1. The van der Waals surface area contributed by atoms with Crippen LogP contribution in [0.15, 0.2) is 44.3 Å². The lowest BCUT2D eigenvalue weighted by molar-refractivity contribution is 0.0497. The smallest absolute Gasteiger partial charge is 0.427 e. The van der Waals surface area contributed by atoms with Crippen molar-refractivity contribution in [1.29, 1.82) is 0 Å². The van der Waals surface area contributed by atoms with Crippen molar-refractivity contribution in [1.82, 2.24) is 14.1 Å². The van der Waals surface area contributed by atoms with Crippen molar-refractivity contribution in [3.05, 3.63) is 89.2 Å². The van der Waals surface area contributed by atoms with Crippen LogP contribution in [-0.4, -0.2) is 38.4 Å². The molecule has 1 N–H and O–H groups in total. The summed E-state index contributed by atoms with van der Waals surface area (Å²) in [4.78, 5) is 44.9. The Labute approximate surface area is 360 Å². The molecule has 12 heteroatoms. The minimum Gasteiger partial charge on any atom is -0.493 e. The Balaban J connectivity index is 1.53. The minimum atomic E-state index is -1.01. The van der Waals surface area contributed by atoms with E-state index in [1.165, 1.54) is 60.8 Å². The molecule has 0 spiro atoms. The Hall–Kier alpha value is -4.02. The Kier molecular flexibility index (Phi) is 17.4. The molecule has 324 valence electrons. The summed E-state index contributed by atoms with van der Waals surface area (Å²) in [7, 11) is 0. The van der Waals surface area contributed by atoms with Crippen LogP contribution in [0.4, 0.5) is 0 Å². The Morgan fingerprint density at radius 1 is 0.814 bits per heavy atom. The van der Waals surface area contributed by atoms with Crippen LogP contribution in [0.1, 0.15) is 165 Å². The van der Waals surface area contributed by atoms with Crippen LogP contribution in [0.2, 0.25) is 10.0 Å².